The lowest BCUT2D eigenvalue weighted by Crippen LogP contribution is -2.21. The fraction of sp³-hybridized carbons (Fsp3) is 0.400. The van der Waals surface area contributed by atoms with Crippen LogP contribution in [-0.2, 0) is 11.0 Å². The minimum absolute atomic E-state index is 0.0903. The second kappa shape index (κ2) is 5.87. The largest absolute Gasteiger partial charge is 0.451 e. The van der Waals surface area contributed by atoms with E-state index in [1.54, 1.807) is 18.2 Å². The minimum atomic E-state index is -4.60. The molecule has 1 aromatic heterocycles. The van der Waals surface area contributed by atoms with Crippen molar-refractivity contribution in [3.8, 4) is 0 Å². The third-order valence-electron chi connectivity index (χ3n) is 3.57. The number of carbonyl (C=O) groups is 1. The van der Waals surface area contributed by atoms with Crippen molar-refractivity contribution in [2.75, 3.05) is 0 Å². The molecule has 0 aliphatic heterocycles. The van der Waals surface area contributed by atoms with E-state index < -0.39 is 12.0 Å². The fourth-order valence-electron chi connectivity index (χ4n) is 2.47. The zero-order valence-electron chi connectivity index (χ0n) is 11.6. The second-order valence-electron chi connectivity index (χ2n) is 5.19. The number of thioether (sulfide) groups is 1. The van der Waals surface area contributed by atoms with Crippen LogP contribution in [0.4, 0.5) is 13.2 Å². The van der Waals surface area contributed by atoms with Crippen LogP contribution in [-0.4, -0.2) is 21.0 Å². The molecule has 0 radical (unpaired) electrons. The van der Waals surface area contributed by atoms with E-state index in [-0.39, 0.29) is 21.6 Å². The number of alkyl halides is 3. The number of aromatic nitrogens is 2. The molecule has 0 amide bonds. The molecule has 7 heteroatoms. The van der Waals surface area contributed by atoms with E-state index in [1.807, 2.05) is 0 Å². The molecule has 0 saturated heterocycles. The van der Waals surface area contributed by atoms with Crippen molar-refractivity contribution in [3.63, 3.8) is 0 Å². The highest BCUT2D eigenvalue weighted by molar-refractivity contribution is 8.00. The maximum atomic E-state index is 12.9. The highest BCUT2D eigenvalue weighted by Crippen LogP contribution is 2.36. The summed E-state index contributed by atoms with van der Waals surface area (Å²) in [4.78, 5) is 19.2. The Morgan fingerprint density at radius 3 is 2.64 bits per heavy atom. The molecule has 1 fully saturated rings. The summed E-state index contributed by atoms with van der Waals surface area (Å²) < 4.78 is 38.8. The van der Waals surface area contributed by atoms with Gasteiger partial charge >= 0.3 is 6.18 Å². The van der Waals surface area contributed by atoms with E-state index in [4.69, 9.17) is 0 Å². The summed E-state index contributed by atoms with van der Waals surface area (Å²) in [6.45, 7) is 0. The van der Waals surface area contributed by atoms with E-state index >= 15 is 0 Å². The van der Waals surface area contributed by atoms with Crippen LogP contribution < -0.4 is 0 Å². The first-order valence-corrected chi connectivity index (χ1v) is 7.86. The van der Waals surface area contributed by atoms with Gasteiger partial charge in [-0.05, 0) is 18.9 Å². The number of nitrogens with zero attached hydrogens (tertiary/aromatic N) is 2. The number of benzene rings is 1. The summed E-state index contributed by atoms with van der Waals surface area (Å²) in [6.07, 6.45) is -1.65. The molecule has 1 heterocycles. The van der Waals surface area contributed by atoms with Crippen molar-refractivity contribution in [1.29, 1.82) is 0 Å². The summed E-state index contributed by atoms with van der Waals surface area (Å²) in [7, 11) is 0. The molecule has 0 unspecified atom stereocenters. The fourth-order valence-corrected chi connectivity index (χ4v) is 3.72. The van der Waals surface area contributed by atoms with Crippen molar-refractivity contribution >= 4 is 28.4 Å². The molecule has 1 aliphatic carbocycles. The van der Waals surface area contributed by atoms with Crippen LogP contribution in [0.2, 0.25) is 0 Å². The van der Waals surface area contributed by atoms with Gasteiger partial charge in [0.05, 0.1) is 10.8 Å². The second-order valence-corrected chi connectivity index (χ2v) is 6.38. The molecule has 3 rings (SSSR count). The van der Waals surface area contributed by atoms with Gasteiger partial charge in [0.2, 0.25) is 5.82 Å². The average Bonchev–Trinajstić information content (AvgIpc) is 2.48. The van der Waals surface area contributed by atoms with Crippen molar-refractivity contribution < 1.29 is 18.0 Å². The van der Waals surface area contributed by atoms with Gasteiger partial charge in [0.1, 0.15) is 10.8 Å². The predicted molar refractivity (Wildman–Crippen MR) is 77.7 cm³/mol. The monoisotopic (exact) mass is 326 g/mol. The van der Waals surface area contributed by atoms with Crippen molar-refractivity contribution in [1.82, 2.24) is 9.97 Å². The van der Waals surface area contributed by atoms with E-state index in [9.17, 15) is 18.0 Å². The van der Waals surface area contributed by atoms with Crippen LogP contribution in [0.25, 0.3) is 10.9 Å². The molecule has 22 heavy (non-hydrogen) atoms. The average molecular weight is 326 g/mol. The topological polar surface area (TPSA) is 42.9 Å². The normalized spacial score (nSPS) is 19.6. The van der Waals surface area contributed by atoms with Crippen LogP contribution in [0, 0.1) is 0 Å². The van der Waals surface area contributed by atoms with Crippen molar-refractivity contribution in [2.24, 2.45) is 0 Å². The maximum Gasteiger partial charge on any atom is 0.451 e. The van der Waals surface area contributed by atoms with Crippen LogP contribution in [0.1, 0.15) is 31.5 Å². The number of hydrogen-bond donors (Lipinski definition) is 0. The molecule has 0 spiro atoms. The summed E-state index contributed by atoms with van der Waals surface area (Å²) in [5.74, 6) is -1.07. The van der Waals surface area contributed by atoms with Gasteiger partial charge in [0.25, 0.3) is 0 Å². The van der Waals surface area contributed by atoms with Crippen LogP contribution >= 0.6 is 11.8 Å². The highest BCUT2D eigenvalue weighted by Gasteiger charge is 2.36. The summed E-state index contributed by atoms with van der Waals surface area (Å²) in [5, 5.41) is 0.477. The lowest BCUT2D eigenvalue weighted by Gasteiger charge is -2.20. The SMILES string of the molecule is O=C1CCCC[C@@H]1Sc1nc(C(F)(F)F)nc2ccccc12. The Morgan fingerprint density at radius 2 is 1.91 bits per heavy atom. The Labute approximate surface area is 129 Å². The molecular weight excluding hydrogens is 313 g/mol. The molecule has 1 atom stereocenters. The van der Waals surface area contributed by atoms with Crippen LogP contribution in [0.15, 0.2) is 29.3 Å². The zero-order chi connectivity index (χ0) is 15.7. The number of Topliss-reactive ketones (excluding diaryl/α,β-unsaturated/α-hetero) is 1. The Kier molecular flexibility index (Phi) is 4.08. The molecule has 1 aromatic carbocycles. The first-order valence-electron chi connectivity index (χ1n) is 6.98. The maximum absolute atomic E-state index is 12.9. The molecule has 1 saturated carbocycles. The number of ketones is 1. The Morgan fingerprint density at radius 1 is 1.14 bits per heavy atom. The standard InChI is InChI=1S/C15H13F3N2OS/c16-15(17,18)14-19-10-6-2-1-5-9(10)13(20-14)22-12-8-4-3-7-11(12)21/h1-2,5-6,12H,3-4,7-8H2/t12-/m0/s1. The minimum Gasteiger partial charge on any atom is -0.298 e. The third kappa shape index (κ3) is 3.09. The van der Waals surface area contributed by atoms with Gasteiger partial charge < -0.3 is 0 Å². The van der Waals surface area contributed by atoms with Crippen LogP contribution in [0.5, 0.6) is 0 Å². The number of hydrogen-bond acceptors (Lipinski definition) is 4. The molecule has 116 valence electrons. The van der Waals surface area contributed by atoms with Gasteiger partial charge in [-0.3, -0.25) is 4.79 Å². The smallest absolute Gasteiger partial charge is 0.298 e. The number of rotatable bonds is 2. The quantitative estimate of drug-likeness (QED) is 0.774. The van der Waals surface area contributed by atoms with Gasteiger partial charge in [-0.25, -0.2) is 9.97 Å². The van der Waals surface area contributed by atoms with E-state index in [1.165, 1.54) is 6.07 Å². The Hall–Kier alpha value is -1.63. The number of para-hydroxylation sites is 1. The highest BCUT2D eigenvalue weighted by atomic mass is 32.2. The summed E-state index contributed by atoms with van der Waals surface area (Å²) >= 11 is 1.13. The van der Waals surface area contributed by atoms with Gasteiger partial charge in [-0.2, -0.15) is 13.2 Å². The molecule has 0 N–H and O–H groups in total. The van der Waals surface area contributed by atoms with Crippen molar-refractivity contribution in [3.05, 3.63) is 30.1 Å². The third-order valence-corrected chi connectivity index (χ3v) is 4.89. The molecule has 2 aromatic rings. The number of halogens is 3. The Balaban J connectivity index is 2.04. The first-order chi connectivity index (χ1) is 10.4. The molecule has 0 bridgehead atoms. The van der Waals surface area contributed by atoms with E-state index in [0.717, 1.165) is 24.6 Å². The lowest BCUT2D eigenvalue weighted by molar-refractivity contribution is -0.145. The predicted octanol–water partition coefficient (Wildman–Crippen LogP) is 4.25. The lowest BCUT2D eigenvalue weighted by atomic mass is 9.99. The Bertz CT molecular complexity index is 717. The zero-order valence-corrected chi connectivity index (χ0v) is 12.4. The van der Waals surface area contributed by atoms with E-state index in [2.05, 4.69) is 9.97 Å². The van der Waals surface area contributed by atoms with Gasteiger partial charge in [-0.15, -0.1) is 0 Å². The van der Waals surface area contributed by atoms with Crippen LogP contribution in [0.3, 0.4) is 0 Å². The summed E-state index contributed by atoms with van der Waals surface area (Å²) in [5.41, 5.74) is 0.246. The summed E-state index contributed by atoms with van der Waals surface area (Å²) in [6, 6.07) is 6.57. The van der Waals surface area contributed by atoms with Crippen molar-refractivity contribution in [2.45, 2.75) is 42.1 Å². The molecular formula is C15H13F3N2OS. The number of fused-ring (bicyclic) bond motifs is 1. The first kappa shape index (κ1) is 15.3. The van der Waals surface area contributed by atoms with Gasteiger partial charge in [0.15, 0.2) is 0 Å². The number of carbonyl (C=O) groups excluding carboxylic acids is 1. The van der Waals surface area contributed by atoms with Gasteiger partial charge in [-0.1, -0.05) is 36.4 Å². The molecule has 3 nitrogen and oxygen atoms in total. The van der Waals surface area contributed by atoms with Gasteiger partial charge in [0, 0.05) is 11.8 Å². The molecule has 1 aliphatic rings. The van der Waals surface area contributed by atoms with E-state index in [0.29, 0.717) is 18.2 Å².